The van der Waals surface area contributed by atoms with Crippen LogP contribution in [0.25, 0.3) is 0 Å². The molecule has 0 saturated carbocycles. The van der Waals surface area contributed by atoms with E-state index in [0.717, 1.165) is 25.9 Å². The second-order valence-corrected chi connectivity index (χ2v) is 6.30. The number of amides is 2. The van der Waals surface area contributed by atoms with Gasteiger partial charge < -0.3 is 15.5 Å². The zero-order chi connectivity index (χ0) is 15.5. The molecule has 2 heterocycles. The zero-order valence-corrected chi connectivity index (χ0v) is 13.1. The van der Waals surface area contributed by atoms with Crippen LogP contribution in [0, 0.1) is 5.92 Å². The predicted octanol–water partition coefficient (Wildman–Crippen LogP) is 1.56. The molecule has 22 heavy (non-hydrogen) atoms. The van der Waals surface area contributed by atoms with E-state index < -0.39 is 0 Å². The van der Waals surface area contributed by atoms with Gasteiger partial charge in [0.25, 0.3) is 0 Å². The summed E-state index contributed by atoms with van der Waals surface area (Å²) in [5.74, 6) is -0.355. The molecule has 2 saturated heterocycles. The summed E-state index contributed by atoms with van der Waals surface area (Å²) in [6, 6.07) is 7.46. The summed E-state index contributed by atoms with van der Waals surface area (Å²) in [5.41, 5.74) is 0.686. The van der Waals surface area contributed by atoms with E-state index in [2.05, 4.69) is 10.6 Å². The van der Waals surface area contributed by atoms with Crippen molar-refractivity contribution in [1.29, 1.82) is 0 Å². The van der Waals surface area contributed by atoms with Gasteiger partial charge in [0.1, 0.15) is 0 Å². The molecule has 0 spiro atoms. The summed E-state index contributed by atoms with van der Waals surface area (Å²) >= 11 is 6.15. The first kappa shape index (κ1) is 15.3. The van der Waals surface area contributed by atoms with Crippen LogP contribution in [-0.2, 0) is 9.59 Å². The van der Waals surface area contributed by atoms with Crippen molar-refractivity contribution in [3.8, 4) is 0 Å². The molecule has 5 nitrogen and oxygen atoms in total. The van der Waals surface area contributed by atoms with E-state index in [1.165, 1.54) is 0 Å². The molecule has 118 valence electrons. The van der Waals surface area contributed by atoms with E-state index >= 15 is 0 Å². The average molecular weight is 322 g/mol. The van der Waals surface area contributed by atoms with Gasteiger partial charge in [-0.15, -0.1) is 0 Å². The Morgan fingerprint density at radius 3 is 2.73 bits per heavy atom. The molecular weight excluding hydrogens is 302 g/mol. The fourth-order valence-corrected chi connectivity index (χ4v) is 3.31. The zero-order valence-electron chi connectivity index (χ0n) is 12.3. The number of nitrogens with zero attached hydrogens (tertiary/aromatic N) is 1. The first-order valence-electron chi connectivity index (χ1n) is 7.71. The first-order chi connectivity index (χ1) is 10.6. The second kappa shape index (κ2) is 6.67. The summed E-state index contributed by atoms with van der Waals surface area (Å²) < 4.78 is 0. The third-order valence-corrected chi connectivity index (χ3v) is 4.64. The molecule has 2 amide bonds. The molecule has 0 aliphatic carbocycles. The van der Waals surface area contributed by atoms with Gasteiger partial charge in [-0.1, -0.05) is 23.7 Å². The number of piperidine rings is 1. The minimum atomic E-state index is -0.293. The Hall–Kier alpha value is -1.59. The van der Waals surface area contributed by atoms with Crippen molar-refractivity contribution in [3.05, 3.63) is 29.3 Å². The van der Waals surface area contributed by atoms with Gasteiger partial charge >= 0.3 is 0 Å². The number of benzene rings is 1. The molecule has 0 aromatic heterocycles. The van der Waals surface area contributed by atoms with E-state index in [1.54, 1.807) is 11.0 Å². The number of hydrogen-bond donors (Lipinski definition) is 2. The van der Waals surface area contributed by atoms with Crippen molar-refractivity contribution in [3.63, 3.8) is 0 Å². The van der Waals surface area contributed by atoms with Gasteiger partial charge in [0.2, 0.25) is 11.8 Å². The Morgan fingerprint density at radius 1 is 1.27 bits per heavy atom. The lowest BCUT2D eigenvalue weighted by Gasteiger charge is -2.25. The van der Waals surface area contributed by atoms with Gasteiger partial charge in [-0.05, 0) is 38.1 Å². The summed E-state index contributed by atoms with van der Waals surface area (Å²) in [5, 5.41) is 6.89. The van der Waals surface area contributed by atoms with Gasteiger partial charge in [-0.2, -0.15) is 0 Å². The highest BCUT2D eigenvalue weighted by atomic mass is 35.5. The largest absolute Gasteiger partial charge is 0.353 e. The summed E-state index contributed by atoms with van der Waals surface area (Å²) in [4.78, 5) is 26.2. The lowest BCUT2D eigenvalue weighted by Crippen LogP contribution is -2.45. The van der Waals surface area contributed by atoms with Crippen molar-refractivity contribution < 1.29 is 9.59 Å². The Bertz CT molecular complexity index is 572. The van der Waals surface area contributed by atoms with Crippen LogP contribution in [0.2, 0.25) is 5.02 Å². The minimum Gasteiger partial charge on any atom is -0.353 e. The number of halogens is 1. The summed E-state index contributed by atoms with van der Waals surface area (Å²) in [6.07, 6.45) is 2.14. The van der Waals surface area contributed by atoms with Crippen molar-refractivity contribution >= 4 is 29.1 Å². The molecule has 1 unspecified atom stereocenters. The molecular formula is C16H20ClN3O2. The molecule has 1 aromatic rings. The predicted molar refractivity (Wildman–Crippen MR) is 85.9 cm³/mol. The number of anilines is 1. The molecule has 2 fully saturated rings. The second-order valence-electron chi connectivity index (χ2n) is 5.89. The molecule has 0 bridgehead atoms. The number of para-hydroxylation sites is 1. The normalized spacial score (nSPS) is 22.9. The lowest BCUT2D eigenvalue weighted by atomic mass is 10.0. The standard InChI is InChI=1S/C16H20ClN3O2/c17-13-3-1-2-4-14(13)20-10-11(9-15(20)21)16(22)19-12-5-7-18-8-6-12/h1-4,11-12,18H,5-10H2,(H,19,22). The first-order valence-corrected chi connectivity index (χ1v) is 8.09. The Balaban J connectivity index is 1.64. The fraction of sp³-hybridized carbons (Fsp3) is 0.500. The maximum Gasteiger partial charge on any atom is 0.227 e. The van der Waals surface area contributed by atoms with Crippen LogP contribution >= 0.6 is 11.6 Å². The van der Waals surface area contributed by atoms with Crippen molar-refractivity contribution in [2.75, 3.05) is 24.5 Å². The van der Waals surface area contributed by atoms with Crippen LogP contribution in [0.4, 0.5) is 5.69 Å². The van der Waals surface area contributed by atoms with Gasteiger partial charge in [0, 0.05) is 19.0 Å². The molecule has 6 heteroatoms. The molecule has 2 aliphatic rings. The maximum atomic E-state index is 12.4. The number of rotatable bonds is 3. The van der Waals surface area contributed by atoms with Crippen LogP contribution in [0.3, 0.4) is 0 Å². The Morgan fingerprint density at radius 2 is 2.00 bits per heavy atom. The molecule has 3 rings (SSSR count). The van der Waals surface area contributed by atoms with Gasteiger partial charge in [-0.25, -0.2) is 0 Å². The average Bonchev–Trinajstić information content (AvgIpc) is 2.91. The van der Waals surface area contributed by atoms with E-state index in [-0.39, 0.29) is 30.2 Å². The number of carbonyl (C=O) groups is 2. The fourth-order valence-electron chi connectivity index (χ4n) is 3.07. The number of hydrogen-bond acceptors (Lipinski definition) is 3. The van der Waals surface area contributed by atoms with Gasteiger partial charge in [0.15, 0.2) is 0 Å². The van der Waals surface area contributed by atoms with E-state index in [1.807, 2.05) is 18.2 Å². The van der Waals surface area contributed by atoms with E-state index in [0.29, 0.717) is 17.3 Å². The van der Waals surface area contributed by atoms with Crippen LogP contribution in [0.1, 0.15) is 19.3 Å². The van der Waals surface area contributed by atoms with Crippen molar-refractivity contribution in [2.24, 2.45) is 5.92 Å². The smallest absolute Gasteiger partial charge is 0.227 e. The molecule has 1 atom stereocenters. The maximum absolute atomic E-state index is 12.4. The van der Waals surface area contributed by atoms with Crippen LogP contribution < -0.4 is 15.5 Å². The summed E-state index contributed by atoms with van der Waals surface area (Å²) in [6.45, 7) is 2.26. The van der Waals surface area contributed by atoms with Crippen LogP contribution in [-0.4, -0.2) is 37.5 Å². The molecule has 1 aromatic carbocycles. The van der Waals surface area contributed by atoms with E-state index in [4.69, 9.17) is 11.6 Å². The number of carbonyl (C=O) groups excluding carboxylic acids is 2. The SMILES string of the molecule is O=C(NC1CCNCC1)C1CC(=O)N(c2ccccc2Cl)C1. The lowest BCUT2D eigenvalue weighted by molar-refractivity contribution is -0.127. The third kappa shape index (κ3) is 3.25. The monoisotopic (exact) mass is 321 g/mol. The van der Waals surface area contributed by atoms with E-state index in [9.17, 15) is 9.59 Å². The minimum absolute atomic E-state index is 0.0187. The highest BCUT2D eigenvalue weighted by Crippen LogP contribution is 2.31. The molecule has 0 radical (unpaired) electrons. The van der Waals surface area contributed by atoms with Gasteiger partial charge in [0.05, 0.1) is 16.6 Å². The topological polar surface area (TPSA) is 61.4 Å². The highest BCUT2D eigenvalue weighted by molar-refractivity contribution is 6.33. The third-order valence-electron chi connectivity index (χ3n) is 4.32. The Labute approximate surface area is 135 Å². The van der Waals surface area contributed by atoms with Crippen LogP contribution in [0.15, 0.2) is 24.3 Å². The molecule has 2 aliphatic heterocycles. The van der Waals surface area contributed by atoms with Crippen LogP contribution in [0.5, 0.6) is 0 Å². The molecule has 2 N–H and O–H groups in total. The van der Waals surface area contributed by atoms with Crippen molar-refractivity contribution in [1.82, 2.24) is 10.6 Å². The number of nitrogens with one attached hydrogen (secondary N) is 2. The van der Waals surface area contributed by atoms with Crippen molar-refractivity contribution in [2.45, 2.75) is 25.3 Å². The quantitative estimate of drug-likeness (QED) is 0.888. The van der Waals surface area contributed by atoms with Gasteiger partial charge in [-0.3, -0.25) is 9.59 Å². The highest BCUT2D eigenvalue weighted by Gasteiger charge is 2.36. The Kier molecular flexibility index (Phi) is 4.64. The summed E-state index contributed by atoms with van der Waals surface area (Å²) in [7, 11) is 0.